The van der Waals surface area contributed by atoms with E-state index in [0.29, 0.717) is 11.1 Å². The molecule has 11 heteroatoms. The molecule has 0 aliphatic carbocycles. The first-order valence-electron chi connectivity index (χ1n) is 8.05. The van der Waals surface area contributed by atoms with Crippen LogP contribution in [0.4, 0.5) is 22.0 Å². The van der Waals surface area contributed by atoms with Crippen molar-refractivity contribution in [3.05, 3.63) is 36.5 Å². The summed E-state index contributed by atoms with van der Waals surface area (Å²) >= 11 is 0. The van der Waals surface area contributed by atoms with E-state index in [2.05, 4.69) is 29.2 Å². The highest BCUT2D eigenvalue weighted by molar-refractivity contribution is 5.87. The Morgan fingerprint density at radius 1 is 0.667 bits per heavy atom. The number of methoxy groups -OCH3 is 1. The van der Waals surface area contributed by atoms with E-state index in [1.165, 1.54) is 7.11 Å². The molecule has 0 saturated heterocycles. The third-order valence-corrected chi connectivity index (χ3v) is 2.18. The van der Waals surface area contributed by atoms with E-state index < -0.39 is 29.4 Å². The molecule has 0 radical (unpaired) electrons. The number of carbonyl (C=O) groups is 3. The van der Waals surface area contributed by atoms with Gasteiger partial charge in [0, 0.05) is 16.7 Å². The van der Waals surface area contributed by atoms with Gasteiger partial charge in [-0.05, 0) is 41.5 Å². The molecule has 0 aliphatic heterocycles. The summed E-state index contributed by atoms with van der Waals surface area (Å²) in [6.45, 7) is 19.3. The number of rotatable bonds is 4. The molecule has 0 saturated carbocycles. The summed E-state index contributed by atoms with van der Waals surface area (Å²) in [6, 6.07) is 0. The Balaban J connectivity index is -0.000000383. The lowest BCUT2D eigenvalue weighted by Gasteiger charge is -2.19. The minimum Gasteiger partial charge on any atom is -0.466 e. The summed E-state index contributed by atoms with van der Waals surface area (Å²) in [7, 11) is 1.33. The summed E-state index contributed by atoms with van der Waals surface area (Å²) in [6.07, 6.45) is -11.4. The normalized spacial score (nSPS) is 10.8. The van der Waals surface area contributed by atoms with Gasteiger partial charge < -0.3 is 14.2 Å². The van der Waals surface area contributed by atoms with Gasteiger partial charge in [0.25, 0.3) is 0 Å². The number of carbonyl (C=O) groups excluding carboxylic acids is 3. The third kappa shape index (κ3) is 16.3. The van der Waals surface area contributed by atoms with Crippen LogP contribution in [0.25, 0.3) is 0 Å². The average molecular weight is 446 g/mol. The van der Waals surface area contributed by atoms with Gasteiger partial charge in [-0.1, -0.05) is 19.7 Å². The topological polar surface area (TPSA) is 78.9 Å². The molecular weight excluding hydrogens is 419 g/mol. The third-order valence-electron chi connectivity index (χ3n) is 2.18. The van der Waals surface area contributed by atoms with Crippen LogP contribution in [0.1, 0.15) is 41.5 Å². The number of esters is 3. The summed E-state index contributed by atoms with van der Waals surface area (Å²) in [4.78, 5) is 31.3. The number of alkyl halides is 5. The maximum Gasteiger partial charge on any atom is 0.501 e. The minimum absolute atomic E-state index is 0.326. The first kappa shape index (κ1) is 32.0. The van der Waals surface area contributed by atoms with Gasteiger partial charge in [0.15, 0.2) is 0 Å². The lowest BCUT2D eigenvalue weighted by molar-refractivity contribution is -0.375. The molecule has 0 aromatic carbocycles. The molecule has 0 spiro atoms. The molecule has 0 bridgehead atoms. The fraction of sp³-hybridized carbons (Fsp3) is 0.526. The molecule has 0 aromatic heterocycles. The molecule has 0 rings (SSSR count). The smallest absolute Gasteiger partial charge is 0.466 e. The zero-order valence-corrected chi connectivity index (χ0v) is 18.0. The predicted molar refractivity (Wildman–Crippen MR) is 99.4 cm³/mol. The van der Waals surface area contributed by atoms with Gasteiger partial charge in [-0.3, -0.25) is 0 Å². The van der Waals surface area contributed by atoms with Crippen LogP contribution in [-0.4, -0.2) is 42.9 Å². The van der Waals surface area contributed by atoms with Crippen molar-refractivity contribution in [2.24, 2.45) is 0 Å². The molecule has 0 N–H and O–H groups in total. The Hall–Kier alpha value is -2.72. The van der Waals surface area contributed by atoms with Crippen molar-refractivity contribution in [2.75, 3.05) is 7.11 Å². The van der Waals surface area contributed by atoms with Crippen molar-refractivity contribution < 1.29 is 50.5 Å². The fourth-order valence-electron chi connectivity index (χ4n) is 0.801. The lowest BCUT2D eigenvalue weighted by atomic mass is 10.2. The van der Waals surface area contributed by atoms with E-state index in [4.69, 9.17) is 4.74 Å². The van der Waals surface area contributed by atoms with E-state index in [1.807, 2.05) is 20.8 Å². The van der Waals surface area contributed by atoms with Crippen molar-refractivity contribution in [3.63, 3.8) is 0 Å². The fourth-order valence-corrected chi connectivity index (χ4v) is 0.801. The number of ether oxygens (including phenoxy) is 3. The van der Waals surface area contributed by atoms with E-state index in [1.54, 1.807) is 13.8 Å². The highest BCUT2D eigenvalue weighted by atomic mass is 19.4. The van der Waals surface area contributed by atoms with Gasteiger partial charge in [0.2, 0.25) is 0 Å². The van der Waals surface area contributed by atoms with Crippen molar-refractivity contribution >= 4 is 17.9 Å². The van der Waals surface area contributed by atoms with Crippen molar-refractivity contribution in [1.29, 1.82) is 0 Å². The Morgan fingerprint density at radius 3 is 1.10 bits per heavy atom. The molecule has 0 fully saturated rings. The number of hydrogen-bond donors (Lipinski definition) is 0. The van der Waals surface area contributed by atoms with Crippen LogP contribution in [0.15, 0.2) is 36.5 Å². The van der Waals surface area contributed by atoms with Gasteiger partial charge in [0.1, 0.15) is 5.60 Å². The molecule has 0 aliphatic rings. The number of halogens is 5. The largest absolute Gasteiger partial charge is 0.501 e. The van der Waals surface area contributed by atoms with Gasteiger partial charge in [-0.2, -0.15) is 22.0 Å². The van der Waals surface area contributed by atoms with Gasteiger partial charge >= 0.3 is 30.2 Å². The Kier molecular flexibility index (Phi) is 13.6. The van der Waals surface area contributed by atoms with Crippen LogP contribution < -0.4 is 0 Å². The zero-order valence-electron chi connectivity index (χ0n) is 18.0. The molecule has 30 heavy (non-hydrogen) atoms. The maximum atomic E-state index is 11.9. The summed E-state index contributed by atoms with van der Waals surface area (Å²) in [5, 5.41) is 0. The standard InChI is InChI=1S/C8H14O2.C6H5F5O2.C5H8O2/c1-6(2)7(9)10-8(3,4)5;1-3(2)4(12)13-6(10,11)5(7,8)9;1-4(2)5(6)7-3/h1H2,2-5H3;1H2,2H3;1H2,2-3H3. The van der Waals surface area contributed by atoms with E-state index in [-0.39, 0.29) is 11.9 Å². The van der Waals surface area contributed by atoms with Crippen LogP contribution in [0, 0.1) is 0 Å². The SMILES string of the molecule is C=C(C)C(=O)OC.C=C(C)C(=O)OC(C)(C)C.C=C(C)C(=O)OC(F)(F)C(F)(F)F. The van der Waals surface area contributed by atoms with Gasteiger partial charge in [-0.25, -0.2) is 14.4 Å². The first-order valence-corrected chi connectivity index (χ1v) is 8.05. The molecular formula is C19H27F5O6. The van der Waals surface area contributed by atoms with Crippen LogP contribution in [0.3, 0.4) is 0 Å². The van der Waals surface area contributed by atoms with Crippen LogP contribution in [0.5, 0.6) is 0 Å². The number of hydrogen-bond acceptors (Lipinski definition) is 6. The average Bonchev–Trinajstić information content (AvgIpc) is 2.51. The van der Waals surface area contributed by atoms with Gasteiger partial charge in [0.05, 0.1) is 7.11 Å². The molecule has 0 unspecified atom stereocenters. The second kappa shape index (κ2) is 12.8. The first-order chi connectivity index (χ1) is 13.1. The highest BCUT2D eigenvalue weighted by Crippen LogP contribution is 2.36. The molecule has 0 heterocycles. The Labute approximate surface area is 172 Å². The van der Waals surface area contributed by atoms with E-state index in [9.17, 15) is 36.3 Å². The Morgan fingerprint density at radius 2 is 0.967 bits per heavy atom. The quantitative estimate of drug-likeness (QED) is 0.265. The van der Waals surface area contributed by atoms with Crippen LogP contribution >= 0.6 is 0 Å². The molecule has 0 atom stereocenters. The van der Waals surface area contributed by atoms with Gasteiger partial charge in [-0.15, -0.1) is 0 Å². The molecule has 174 valence electrons. The summed E-state index contributed by atoms with van der Waals surface area (Å²) in [5.41, 5.74) is -0.0721. The van der Waals surface area contributed by atoms with Crippen molar-refractivity contribution in [1.82, 2.24) is 0 Å². The molecule has 0 amide bonds. The predicted octanol–water partition coefficient (Wildman–Crippen LogP) is 4.90. The van der Waals surface area contributed by atoms with Crippen LogP contribution in [0.2, 0.25) is 0 Å². The monoisotopic (exact) mass is 446 g/mol. The van der Waals surface area contributed by atoms with Crippen LogP contribution in [-0.2, 0) is 28.6 Å². The second-order valence-corrected chi connectivity index (χ2v) is 6.74. The summed E-state index contributed by atoms with van der Waals surface area (Å²) in [5.74, 6) is -2.46. The lowest BCUT2D eigenvalue weighted by Crippen LogP contribution is -2.40. The Bertz CT molecular complexity index is 657. The summed E-state index contributed by atoms with van der Waals surface area (Å²) < 4.78 is 70.2. The van der Waals surface area contributed by atoms with Crippen molar-refractivity contribution in [3.8, 4) is 0 Å². The maximum absolute atomic E-state index is 11.9. The van der Waals surface area contributed by atoms with E-state index in [0.717, 1.165) is 6.92 Å². The second-order valence-electron chi connectivity index (χ2n) is 6.74. The van der Waals surface area contributed by atoms with Crippen molar-refractivity contribution in [2.45, 2.75) is 59.4 Å². The highest BCUT2D eigenvalue weighted by Gasteiger charge is 2.62. The molecule has 0 aromatic rings. The zero-order chi connectivity index (χ0) is 25.1. The molecule has 6 nitrogen and oxygen atoms in total. The minimum atomic E-state index is -5.90. The van der Waals surface area contributed by atoms with E-state index >= 15 is 0 Å².